The van der Waals surface area contributed by atoms with E-state index >= 15 is 0 Å². The first-order valence-corrected chi connectivity index (χ1v) is 5.18. The van der Waals surface area contributed by atoms with Crippen molar-refractivity contribution in [3.05, 3.63) is 35.9 Å². The molecule has 1 aromatic carbocycles. The van der Waals surface area contributed by atoms with Gasteiger partial charge >= 0.3 is 5.97 Å². The van der Waals surface area contributed by atoms with Crippen molar-refractivity contribution in [2.75, 3.05) is 13.7 Å². The van der Waals surface area contributed by atoms with Crippen molar-refractivity contribution in [2.24, 2.45) is 0 Å². The van der Waals surface area contributed by atoms with E-state index in [0.717, 1.165) is 5.56 Å². The molecule has 2 atom stereocenters. The summed E-state index contributed by atoms with van der Waals surface area (Å²) in [7, 11) is 1.34. The van der Waals surface area contributed by atoms with Gasteiger partial charge in [-0.05, 0) is 12.5 Å². The molecule has 0 aliphatic heterocycles. The van der Waals surface area contributed by atoms with Crippen molar-refractivity contribution in [2.45, 2.75) is 19.0 Å². The summed E-state index contributed by atoms with van der Waals surface area (Å²) in [4.78, 5) is 11.2. The summed E-state index contributed by atoms with van der Waals surface area (Å²) in [5.74, 6) is -0.339. The maximum Gasteiger partial charge on any atom is 0.322 e. The van der Waals surface area contributed by atoms with Crippen LogP contribution in [-0.2, 0) is 9.53 Å². The van der Waals surface area contributed by atoms with Crippen LogP contribution in [0.15, 0.2) is 30.3 Å². The molecule has 1 aromatic rings. The minimum Gasteiger partial charge on any atom is -0.468 e. The van der Waals surface area contributed by atoms with Crippen LogP contribution in [0.4, 0.5) is 0 Å². The molecule has 0 heterocycles. The molecule has 1 rings (SSSR count). The van der Waals surface area contributed by atoms with Crippen molar-refractivity contribution in [1.29, 1.82) is 0 Å². The summed E-state index contributed by atoms with van der Waals surface area (Å²) in [6.07, 6.45) is 0. The van der Waals surface area contributed by atoms with Gasteiger partial charge in [0, 0.05) is 0 Å². The first kappa shape index (κ1) is 12.7. The van der Waals surface area contributed by atoms with Gasteiger partial charge in [0.1, 0.15) is 6.04 Å². The van der Waals surface area contributed by atoms with Gasteiger partial charge in [-0.3, -0.25) is 10.1 Å². The van der Waals surface area contributed by atoms with Crippen LogP contribution in [-0.4, -0.2) is 30.8 Å². The van der Waals surface area contributed by atoms with Crippen molar-refractivity contribution in [3.8, 4) is 0 Å². The van der Waals surface area contributed by atoms with E-state index in [-0.39, 0.29) is 18.6 Å². The first-order chi connectivity index (χ1) is 7.69. The Labute approximate surface area is 95.2 Å². The van der Waals surface area contributed by atoms with Crippen LogP contribution >= 0.6 is 0 Å². The number of hydrogen-bond acceptors (Lipinski definition) is 4. The molecule has 0 radical (unpaired) electrons. The second-order valence-electron chi connectivity index (χ2n) is 3.56. The lowest BCUT2D eigenvalue weighted by Crippen LogP contribution is -2.38. The third-order valence-electron chi connectivity index (χ3n) is 2.39. The highest BCUT2D eigenvalue weighted by Crippen LogP contribution is 2.12. The summed E-state index contributed by atoms with van der Waals surface area (Å²) in [5.41, 5.74) is 0.945. The van der Waals surface area contributed by atoms with Crippen molar-refractivity contribution < 1.29 is 14.6 Å². The Bertz CT molecular complexity index is 326. The molecule has 0 aliphatic carbocycles. The number of carbonyl (C=O) groups excluding carboxylic acids is 1. The molecule has 0 saturated heterocycles. The van der Waals surface area contributed by atoms with Crippen LogP contribution in [0.25, 0.3) is 0 Å². The van der Waals surface area contributed by atoms with Gasteiger partial charge in [-0.1, -0.05) is 30.3 Å². The highest BCUT2D eigenvalue weighted by atomic mass is 16.5. The standard InChI is InChI=1S/C12H17NO3/c1-9(12(15)16-2)13-11(8-14)10-6-4-3-5-7-10/h3-7,9,11,13-14H,8H2,1-2H3/t9?,11-/m0/s1. The van der Waals surface area contributed by atoms with Gasteiger partial charge in [-0.2, -0.15) is 0 Å². The lowest BCUT2D eigenvalue weighted by molar-refractivity contribution is -0.142. The predicted molar refractivity (Wildman–Crippen MR) is 60.9 cm³/mol. The van der Waals surface area contributed by atoms with Gasteiger partial charge in [-0.25, -0.2) is 0 Å². The normalized spacial score (nSPS) is 14.2. The topological polar surface area (TPSA) is 58.6 Å². The second-order valence-corrected chi connectivity index (χ2v) is 3.56. The Morgan fingerprint density at radius 3 is 2.56 bits per heavy atom. The van der Waals surface area contributed by atoms with Gasteiger partial charge in [0.25, 0.3) is 0 Å². The minimum absolute atomic E-state index is 0.0641. The molecule has 1 unspecified atom stereocenters. The molecule has 2 N–H and O–H groups in total. The lowest BCUT2D eigenvalue weighted by Gasteiger charge is -2.20. The average Bonchev–Trinajstić information content (AvgIpc) is 2.35. The Hall–Kier alpha value is -1.39. The zero-order valence-corrected chi connectivity index (χ0v) is 9.51. The predicted octanol–water partition coefficient (Wildman–Crippen LogP) is 0.871. The van der Waals surface area contributed by atoms with E-state index in [2.05, 4.69) is 10.1 Å². The van der Waals surface area contributed by atoms with Crippen molar-refractivity contribution in [1.82, 2.24) is 5.32 Å². The third kappa shape index (κ3) is 3.32. The number of aliphatic hydroxyl groups is 1. The number of nitrogens with one attached hydrogen (secondary N) is 1. The number of aliphatic hydroxyl groups excluding tert-OH is 1. The zero-order chi connectivity index (χ0) is 12.0. The number of methoxy groups -OCH3 is 1. The van der Waals surface area contributed by atoms with Crippen molar-refractivity contribution in [3.63, 3.8) is 0 Å². The van der Waals surface area contributed by atoms with E-state index in [9.17, 15) is 9.90 Å². The molecule has 0 amide bonds. The molecule has 88 valence electrons. The Kier molecular flexibility index (Phi) is 4.95. The zero-order valence-electron chi connectivity index (χ0n) is 9.51. The molecule has 0 aromatic heterocycles. The van der Waals surface area contributed by atoms with Gasteiger partial charge in [0.15, 0.2) is 0 Å². The molecular formula is C12H17NO3. The van der Waals surface area contributed by atoms with Gasteiger partial charge in [-0.15, -0.1) is 0 Å². The van der Waals surface area contributed by atoms with E-state index < -0.39 is 6.04 Å². The quantitative estimate of drug-likeness (QED) is 0.727. The molecule has 0 bridgehead atoms. The van der Waals surface area contributed by atoms with Gasteiger partial charge in [0.05, 0.1) is 19.8 Å². The van der Waals surface area contributed by atoms with E-state index in [4.69, 9.17) is 0 Å². The number of hydrogen-bond donors (Lipinski definition) is 2. The number of ether oxygens (including phenoxy) is 1. The first-order valence-electron chi connectivity index (χ1n) is 5.18. The van der Waals surface area contributed by atoms with E-state index in [1.165, 1.54) is 7.11 Å². The van der Waals surface area contributed by atoms with E-state index in [1.807, 2.05) is 30.3 Å². The highest BCUT2D eigenvalue weighted by molar-refractivity contribution is 5.75. The highest BCUT2D eigenvalue weighted by Gasteiger charge is 2.18. The fraction of sp³-hybridized carbons (Fsp3) is 0.417. The van der Waals surface area contributed by atoms with Crippen LogP contribution in [0.1, 0.15) is 18.5 Å². The van der Waals surface area contributed by atoms with Crippen LogP contribution in [0.5, 0.6) is 0 Å². The van der Waals surface area contributed by atoms with Crippen molar-refractivity contribution >= 4 is 5.97 Å². The number of benzene rings is 1. The fourth-order valence-corrected chi connectivity index (χ4v) is 1.49. The SMILES string of the molecule is COC(=O)C(C)N[C@@H](CO)c1ccccc1. The Morgan fingerprint density at radius 1 is 1.44 bits per heavy atom. The smallest absolute Gasteiger partial charge is 0.322 e. The molecule has 16 heavy (non-hydrogen) atoms. The average molecular weight is 223 g/mol. The summed E-state index contributed by atoms with van der Waals surface area (Å²) >= 11 is 0. The summed E-state index contributed by atoms with van der Waals surface area (Å²) in [6, 6.07) is 8.79. The number of rotatable bonds is 5. The minimum atomic E-state index is -0.442. The molecule has 4 nitrogen and oxygen atoms in total. The molecular weight excluding hydrogens is 206 g/mol. The molecule has 0 fully saturated rings. The van der Waals surface area contributed by atoms with Crippen LogP contribution in [0.3, 0.4) is 0 Å². The monoisotopic (exact) mass is 223 g/mol. The fourth-order valence-electron chi connectivity index (χ4n) is 1.49. The number of esters is 1. The van der Waals surface area contributed by atoms with Crippen LogP contribution in [0, 0.1) is 0 Å². The third-order valence-corrected chi connectivity index (χ3v) is 2.39. The van der Waals surface area contributed by atoms with E-state index in [1.54, 1.807) is 6.92 Å². The molecule has 4 heteroatoms. The van der Waals surface area contributed by atoms with Gasteiger partial charge < -0.3 is 9.84 Å². The van der Waals surface area contributed by atoms with Crippen LogP contribution < -0.4 is 5.32 Å². The maximum atomic E-state index is 11.2. The Morgan fingerprint density at radius 2 is 2.06 bits per heavy atom. The molecule has 0 saturated carbocycles. The second kappa shape index (κ2) is 6.25. The van der Waals surface area contributed by atoms with E-state index in [0.29, 0.717) is 0 Å². The largest absolute Gasteiger partial charge is 0.468 e. The Balaban J connectivity index is 2.66. The maximum absolute atomic E-state index is 11.2. The molecule has 0 spiro atoms. The molecule has 0 aliphatic rings. The van der Waals surface area contributed by atoms with Crippen LogP contribution in [0.2, 0.25) is 0 Å². The lowest BCUT2D eigenvalue weighted by atomic mass is 10.1. The summed E-state index contributed by atoms with van der Waals surface area (Å²) in [6.45, 7) is 1.64. The van der Waals surface area contributed by atoms with Gasteiger partial charge in [0.2, 0.25) is 0 Å². The summed E-state index contributed by atoms with van der Waals surface area (Å²) in [5, 5.41) is 12.3. The number of carbonyl (C=O) groups is 1. The summed E-state index contributed by atoms with van der Waals surface area (Å²) < 4.78 is 4.61.